The van der Waals surface area contributed by atoms with E-state index in [4.69, 9.17) is 10.1 Å². The number of hydrogen-bond acceptors (Lipinski definition) is 3. The van der Waals surface area contributed by atoms with Crippen molar-refractivity contribution in [1.82, 2.24) is 4.90 Å². The molecule has 0 radical (unpaired) electrons. The van der Waals surface area contributed by atoms with Crippen molar-refractivity contribution in [2.75, 3.05) is 20.1 Å². The number of rotatable bonds is 1. The van der Waals surface area contributed by atoms with Crippen LogP contribution in [-0.2, 0) is 4.79 Å². The Balaban J connectivity index is 0. The maximum atomic E-state index is 10.4. The van der Waals surface area contributed by atoms with Gasteiger partial charge in [0.05, 0.1) is 6.07 Å². The van der Waals surface area contributed by atoms with E-state index in [0.717, 1.165) is 19.5 Å². The normalized spacial score (nSPS) is 18.0. The van der Waals surface area contributed by atoms with Crippen LogP contribution in [0.4, 0.5) is 13.2 Å². The van der Waals surface area contributed by atoms with Crippen LogP contribution >= 0.6 is 0 Å². The fraction of sp³-hybridized carbons (Fsp3) is 0.846. The number of likely N-dealkylation sites (tertiary alicyclic amines) is 1. The van der Waals surface area contributed by atoms with Gasteiger partial charge in [-0.25, -0.2) is 0 Å². The van der Waals surface area contributed by atoms with Gasteiger partial charge in [-0.2, -0.15) is 18.4 Å². The third-order valence-electron chi connectivity index (χ3n) is 2.83. The minimum Gasteiger partial charge on any atom is -0.306 e. The van der Waals surface area contributed by atoms with Crippen molar-refractivity contribution >= 4 is 6.29 Å². The quantitative estimate of drug-likeness (QED) is 0.691. The van der Waals surface area contributed by atoms with Crippen LogP contribution in [0.15, 0.2) is 0 Å². The Bertz CT molecular complexity index is 277. The zero-order chi connectivity index (χ0) is 15.5. The molecule has 3 nitrogen and oxygen atoms in total. The van der Waals surface area contributed by atoms with Crippen molar-refractivity contribution in [3.63, 3.8) is 0 Å². The zero-order valence-corrected chi connectivity index (χ0v) is 12.0. The summed E-state index contributed by atoms with van der Waals surface area (Å²) >= 11 is 0. The average molecular weight is 280 g/mol. The number of nitriles is 1. The van der Waals surface area contributed by atoms with Crippen LogP contribution in [0, 0.1) is 16.7 Å². The summed E-state index contributed by atoms with van der Waals surface area (Å²) in [5.41, 5.74) is 0.307. The second kappa shape index (κ2) is 9.79. The lowest BCUT2D eigenvalue weighted by Crippen LogP contribution is -2.35. The van der Waals surface area contributed by atoms with E-state index in [1.54, 1.807) is 0 Å². The van der Waals surface area contributed by atoms with Crippen molar-refractivity contribution in [2.24, 2.45) is 5.41 Å². The van der Waals surface area contributed by atoms with E-state index >= 15 is 0 Å². The molecule has 1 aliphatic heterocycles. The molecule has 0 aromatic heterocycles. The molecule has 112 valence electrons. The number of carbonyl (C=O) groups excluding carboxylic acids is 1. The third-order valence-corrected chi connectivity index (χ3v) is 2.83. The summed E-state index contributed by atoms with van der Waals surface area (Å²) in [4.78, 5) is 11.0. The maximum Gasteiger partial charge on any atom is 0.446 e. The van der Waals surface area contributed by atoms with Crippen molar-refractivity contribution in [1.29, 1.82) is 5.26 Å². The van der Waals surface area contributed by atoms with E-state index in [1.807, 2.05) is 13.8 Å². The Labute approximate surface area is 113 Å². The first-order valence-electron chi connectivity index (χ1n) is 6.31. The molecular formula is C13H23F3N2O. The molecule has 0 N–H and O–H groups in total. The standard InChI is InChI=1S/C9H16N2.C2HF3O.C2H6/c1-9(3-6-10)4-7-11(2)8-5-9;3-2(4,5)1-6;1-2/h3-5,7-8H2,1-2H3;1H;1-2H3. The summed E-state index contributed by atoms with van der Waals surface area (Å²) in [5.74, 6) is 0. The highest BCUT2D eigenvalue weighted by Gasteiger charge is 2.28. The summed E-state index contributed by atoms with van der Waals surface area (Å²) in [5, 5.41) is 8.59. The van der Waals surface area contributed by atoms with Gasteiger partial charge in [-0.05, 0) is 38.4 Å². The number of alkyl halides is 3. The molecule has 0 saturated carbocycles. The van der Waals surface area contributed by atoms with Gasteiger partial charge in [0, 0.05) is 6.42 Å². The van der Waals surface area contributed by atoms with Gasteiger partial charge < -0.3 is 4.90 Å². The lowest BCUT2D eigenvalue weighted by atomic mass is 9.78. The van der Waals surface area contributed by atoms with Crippen molar-refractivity contribution < 1.29 is 18.0 Å². The van der Waals surface area contributed by atoms with Gasteiger partial charge in [-0.1, -0.05) is 20.8 Å². The summed E-state index contributed by atoms with van der Waals surface area (Å²) in [7, 11) is 2.14. The minimum absolute atomic E-state index is 0.307. The Hall–Kier alpha value is -1.09. The van der Waals surface area contributed by atoms with Crippen LogP contribution in [0.5, 0.6) is 0 Å². The van der Waals surface area contributed by atoms with E-state index in [-0.39, 0.29) is 0 Å². The van der Waals surface area contributed by atoms with Crippen LogP contribution in [0.2, 0.25) is 0 Å². The predicted octanol–water partition coefficient (Wildman–Crippen LogP) is 3.41. The van der Waals surface area contributed by atoms with Crippen molar-refractivity contribution in [2.45, 2.75) is 46.2 Å². The summed E-state index contributed by atoms with van der Waals surface area (Å²) in [6.45, 7) is 8.53. The van der Waals surface area contributed by atoms with Gasteiger partial charge in [0.25, 0.3) is 0 Å². The topological polar surface area (TPSA) is 44.1 Å². The Kier molecular flexibility index (Phi) is 10.4. The molecule has 0 aromatic carbocycles. The highest BCUT2D eigenvalue weighted by Crippen LogP contribution is 2.33. The lowest BCUT2D eigenvalue weighted by Gasteiger charge is -2.36. The number of halogens is 3. The van der Waals surface area contributed by atoms with Crippen LogP contribution in [-0.4, -0.2) is 37.5 Å². The van der Waals surface area contributed by atoms with Crippen molar-refractivity contribution in [3.05, 3.63) is 0 Å². The Morgan fingerprint density at radius 2 is 1.68 bits per heavy atom. The van der Waals surface area contributed by atoms with Crippen LogP contribution in [0.3, 0.4) is 0 Å². The molecule has 0 spiro atoms. The molecule has 1 heterocycles. The molecule has 0 aromatic rings. The molecule has 1 aliphatic rings. The first-order chi connectivity index (χ1) is 8.72. The SMILES string of the molecule is CC.CN1CCC(C)(CC#N)CC1.O=CC(F)(F)F. The maximum absolute atomic E-state index is 10.4. The number of aldehydes is 1. The first-order valence-corrected chi connectivity index (χ1v) is 6.31. The van der Waals surface area contributed by atoms with E-state index in [0.29, 0.717) is 5.41 Å². The summed E-state index contributed by atoms with van der Waals surface area (Å²) in [6, 6.07) is 2.27. The molecule has 1 fully saturated rings. The first kappa shape index (κ1) is 20.2. The fourth-order valence-corrected chi connectivity index (χ4v) is 1.53. The summed E-state index contributed by atoms with van der Waals surface area (Å²) < 4.78 is 31.2. The smallest absolute Gasteiger partial charge is 0.306 e. The molecule has 19 heavy (non-hydrogen) atoms. The summed E-state index contributed by atoms with van der Waals surface area (Å²) in [6.07, 6.45) is -2.62. The van der Waals surface area contributed by atoms with Crippen LogP contribution in [0.1, 0.15) is 40.0 Å². The van der Waals surface area contributed by atoms with Gasteiger partial charge in [0.1, 0.15) is 0 Å². The van der Waals surface area contributed by atoms with Gasteiger partial charge in [0.2, 0.25) is 6.29 Å². The molecule has 6 heteroatoms. The number of nitrogens with zero attached hydrogens (tertiary/aromatic N) is 2. The monoisotopic (exact) mass is 280 g/mol. The minimum atomic E-state index is -4.64. The average Bonchev–Trinajstić information content (AvgIpc) is 2.36. The van der Waals surface area contributed by atoms with Gasteiger partial charge in [-0.15, -0.1) is 0 Å². The van der Waals surface area contributed by atoms with Crippen LogP contribution in [0.25, 0.3) is 0 Å². The Morgan fingerprint density at radius 3 is 1.95 bits per heavy atom. The van der Waals surface area contributed by atoms with Crippen molar-refractivity contribution in [3.8, 4) is 6.07 Å². The van der Waals surface area contributed by atoms with Gasteiger partial charge in [0.15, 0.2) is 0 Å². The van der Waals surface area contributed by atoms with E-state index in [9.17, 15) is 13.2 Å². The van der Waals surface area contributed by atoms with E-state index < -0.39 is 12.5 Å². The predicted molar refractivity (Wildman–Crippen MR) is 68.5 cm³/mol. The number of hydrogen-bond donors (Lipinski definition) is 0. The van der Waals surface area contributed by atoms with Gasteiger partial charge >= 0.3 is 6.18 Å². The Morgan fingerprint density at radius 1 is 1.32 bits per heavy atom. The lowest BCUT2D eigenvalue weighted by molar-refractivity contribution is -0.156. The second-order valence-corrected chi connectivity index (χ2v) is 4.61. The van der Waals surface area contributed by atoms with E-state index in [2.05, 4.69) is 24.9 Å². The largest absolute Gasteiger partial charge is 0.446 e. The molecule has 1 rings (SSSR count). The van der Waals surface area contributed by atoms with Crippen LogP contribution < -0.4 is 0 Å². The number of carbonyl (C=O) groups is 1. The molecule has 1 saturated heterocycles. The molecule has 0 unspecified atom stereocenters. The molecule has 0 atom stereocenters. The van der Waals surface area contributed by atoms with E-state index in [1.165, 1.54) is 12.8 Å². The molecule has 0 aliphatic carbocycles. The number of piperidine rings is 1. The fourth-order valence-electron chi connectivity index (χ4n) is 1.53. The second-order valence-electron chi connectivity index (χ2n) is 4.61. The zero-order valence-electron chi connectivity index (χ0n) is 12.0. The highest BCUT2D eigenvalue weighted by molar-refractivity contribution is 5.56. The molecule has 0 bridgehead atoms. The third kappa shape index (κ3) is 11.7. The van der Waals surface area contributed by atoms with Gasteiger partial charge in [-0.3, -0.25) is 4.79 Å². The molecule has 0 amide bonds. The molecular weight excluding hydrogens is 257 g/mol. The highest BCUT2D eigenvalue weighted by atomic mass is 19.4.